The lowest BCUT2D eigenvalue weighted by Gasteiger charge is -2.15. The van der Waals surface area contributed by atoms with Crippen molar-refractivity contribution in [2.75, 3.05) is 19.7 Å². The second kappa shape index (κ2) is 5.35. The fourth-order valence-corrected chi connectivity index (χ4v) is 1.55. The maximum Gasteiger partial charge on any atom is 0.407 e. The van der Waals surface area contributed by atoms with Crippen molar-refractivity contribution < 1.29 is 9.53 Å². The summed E-state index contributed by atoms with van der Waals surface area (Å²) in [4.78, 5) is 11.3. The highest BCUT2D eigenvalue weighted by Gasteiger charge is 2.41. The van der Waals surface area contributed by atoms with E-state index in [-0.39, 0.29) is 11.5 Å². The van der Waals surface area contributed by atoms with Gasteiger partial charge in [0.1, 0.15) is 0 Å². The first-order chi connectivity index (χ1) is 7.08. The van der Waals surface area contributed by atoms with Crippen LogP contribution in [0.2, 0.25) is 0 Å². The summed E-state index contributed by atoms with van der Waals surface area (Å²) in [6.07, 6.45) is 3.05. The third kappa shape index (κ3) is 4.51. The van der Waals surface area contributed by atoms with E-state index in [4.69, 9.17) is 10.5 Å². The molecule has 0 aromatic heterocycles. The molecular formula is C11H22N2O2. The van der Waals surface area contributed by atoms with Crippen molar-refractivity contribution in [2.24, 2.45) is 17.1 Å². The molecule has 1 amide bonds. The van der Waals surface area contributed by atoms with E-state index in [1.807, 2.05) is 13.8 Å². The lowest BCUT2D eigenvalue weighted by Crippen LogP contribution is -2.32. The van der Waals surface area contributed by atoms with Gasteiger partial charge in [0.05, 0.1) is 6.61 Å². The van der Waals surface area contributed by atoms with Gasteiger partial charge in [-0.15, -0.1) is 0 Å². The van der Waals surface area contributed by atoms with Crippen LogP contribution >= 0.6 is 0 Å². The molecule has 1 aliphatic carbocycles. The van der Waals surface area contributed by atoms with Gasteiger partial charge in [0.25, 0.3) is 0 Å². The lowest BCUT2D eigenvalue weighted by molar-refractivity contribution is 0.130. The van der Waals surface area contributed by atoms with Crippen molar-refractivity contribution in [2.45, 2.75) is 33.1 Å². The summed E-state index contributed by atoms with van der Waals surface area (Å²) in [5.74, 6) is 0.384. The molecule has 0 aromatic rings. The van der Waals surface area contributed by atoms with Gasteiger partial charge in [-0.2, -0.15) is 0 Å². The zero-order valence-corrected chi connectivity index (χ0v) is 9.71. The number of hydrogen-bond donors (Lipinski definition) is 2. The van der Waals surface area contributed by atoms with Crippen LogP contribution in [0.5, 0.6) is 0 Å². The molecule has 4 heteroatoms. The normalized spacial score (nSPS) is 17.6. The van der Waals surface area contributed by atoms with Crippen molar-refractivity contribution in [3.8, 4) is 0 Å². The Morgan fingerprint density at radius 2 is 2.20 bits per heavy atom. The smallest absolute Gasteiger partial charge is 0.407 e. The first kappa shape index (κ1) is 12.3. The number of alkyl carbamates (subject to hydrolysis) is 1. The molecule has 0 heterocycles. The van der Waals surface area contributed by atoms with E-state index in [1.165, 1.54) is 12.8 Å². The van der Waals surface area contributed by atoms with E-state index in [9.17, 15) is 4.79 Å². The maximum atomic E-state index is 11.3. The van der Waals surface area contributed by atoms with Crippen molar-refractivity contribution >= 4 is 6.09 Å². The fourth-order valence-electron chi connectivity index (χ4n) is 1.55. The highest BCUT2D eigenvalue weighted by atomic mass is 16.5. The Morgan fingerprint density at radius 1 is 1.53 bits per heavy atom. The van der Waals surface area contributed by atoms with E-state index in [0.717, 1.165) is 6.42 Å². The van der Waals surface area contributed by atoms with Crippen LogP contribution in [0.4, 0.5) is 4.79 Å². The Hall–Kier alpha value is -0.770. The molecule has 0 aliphatic heterocycles. The number of hydrogen-bond acceptors (Lipinski definition) is 3. The minimum absolute atomic E-state index is 0.283. The zero-order valence-electron chi connectivity index (χ0n) is 9.71. The number of rotatable bonds is 6. The number of nitrogens with two attached hydrogens (primary N) is 1. The Labute approximate surface area is 91.5 Å². The van der Waals surface area contributed by atoms with Crippen LogP contribution in [-0.4, -0.2) is 25.8 Å². The van der Waals surface area contributed by atoms with E-state index < -0.39 is 0 Å². The number of amides is 1. The lowest BCUT2D eigenvalue weighted by atomic mass is 10.0. The molecule has 3 N–H and O–H groups in total. The number of ether oxygens (including phenoxy) is 1. The molecule has 88 valence electrons. The minimum atomic E-state index is -0.299. The number of nitrogens with one attached hydrogen (secondary N) is 1. The molecule has 1 saturated carbocycles. The molecule has 0 aromatic carbocycles. The second-order valence-corrected chi connectivity index (χ2v) is 4.88. The standard InChI is InChI=1S/C11H22N2O2/c1-9(2)7-15-10(14)13-8-11(3-4-11)5-6-12/h9H,3-8,12H2,1-2H3,(H,13,14). The summed E-state index contributed by atoms with van der Waals surface area (Å²) in [5, 5.41) is 2.81. The third-order valence-electron chi connectivity index (χ3n) is 2.79. The molecule has 0 atom stereocenters. The molecule has 0 saturated heterocycles. The van der Waals surface area contributed by atoms with Crippen molar-refractivity contribution in [3.05, 3.63) is 0 Å². The van der Waals surface area contributed by atoms with Crippen LogP contribution in [0.3, 0.4) is 0 Å². The molecule has 0 radical (unpaired) electrons. The summed E-state index contributed by atoms with van der Waals surface area (Å²) >= 11 is 0. The SMILES string of the molecule is CC(C)COC(=O)NCC1(CCN)CC1. The monoisotopic (exact) mass is 214 g/mol. The number of carbonyl (C=O) groups excluding carboxylic acids is 1. The van der Waals surface area contributed by atoms with Crippen LogP contribution in [0.1, 0.15) is 33.1 Å². The van der Waals surface area contributed by atoms with Crippen LogP contribution in [-0.2, 0) is 4.74 Å². The molecule has 1 aliphatic rings. The first-order valence-electron chi connectivity index (χ1n) is 5.69. The van der Waals surface area contributed by atoms with Gasteiger partial charge in [-0.1, -0.05) is 13.8 Å². The largest absolute Gasteiger partial charge is 0.449 e. The van der Waals surface area contributed by atoms with Gasteiger partial charge in [-0.3, -0.25) is 0 Å². The van der Waals surface area contributed by atoms with Gasteiger partial charge in [0, 0.05) is 6.54 Å². The van der Waals surface area contributed by atoms with Crippen molar-refractivity contribution in [1.82, 2.24) is 5.32 Å². The van der Waals surface area contributed by atoms with Crippen LogP contribution in [0.15, 0.2) is 0 Å². The average Bonchev–Trinajstić information content (AvgIpc) is 2.93. The molecule has 0 spiro atoms. The fraction of sp³-hybridized carbons (Fsp3) is 0.909. The molecule has 1 rings (SSSR count). The first-order valence-corrected chi connectivity index (χ1v) is 5.69. The van der Waals surface area contributed by atoms with Crippen molar-refractivity contribution in [1.29, 1.82) is 0 Å². The quantitative estimate of drug-likeness (QED) is 0.704. The van der Waals surface area contributed by atoms with Crippen molar-refractivity contribution in [3.63, 3.8) is 0 Å². The van der Waals surface area contributed by atoms with Gasteiger partial charge < -0.3 is 15.8 Å². The van der Waals surface area contributed by atoms with E-state index >= 15 is 0 Å². The Morgan fingerprint density at radius 3 is 2.67 bits per heavy atom. The third-order valence-corrected chi connectivity index (χ3v) is 2.79. The van der Waals surface area contributed by atoms with Gasteiger partial charge in [0.15, 0.2) is 0 Å². The number of carbonyl (C=O) groups is 1. The molecule has 1 fully saturated rings. The highest BCUT2D eigenvalue weighted by molar-refractivity contribution is 5.67. The van der Waals surface area contributed by atoms with E-state index in [2.05, 4.69) is 5.32 Å². The second-order valence-electron chi connectivity index (χ2n) is 4.88. The Bertz CT molecular complexity index is 213. The van der Waals surface area contributed by atoms with Gasteiger partial charge >= 0.3 is 6.09 Å². The predicted octanol–water partition coefficient (Wildman–Crippen LogP) is 1.50. The zero-order chi connectivity index (χ0) is 11.3. The molecular weight excluding hydrogens is 192 g/mol. The molecule has 4 nitrogen and oxygen atoms in total. The van der Waals surface area contributed by atoms with Crippen LogP contribution < -0.4 is 11.1 Å². The van der Waals surface area contributed by atoms with Crippen LogP contribution in [0, 0.1) is 11.3 Å². The average molecular weight is 214 g/mol. The Balaban J connectivity index is 2.11. The summed E-state index contributed by atoms with van der Waals surface area (Å²) < 4.78 is 5.02. The van der Waals surface area contributed by atoms with Gasteiger partial charge in [-0.25, -0.2) is 4.79 Å². The van der Waals surface area contributed by atoms with E-state index in [0.29, 0.717) is 25.6 Å². The minimum Gasteiger partial charge on any atom is -0.449 e. The Kier molecular flexibility index (Phi) is 4.39. The highest BCUT2D eigenvalue weighted by Crippen LogP contribution is 2.47. The summed E-state index contributed by atoms with van der Waals surface area (Å²) in [6.45, 7) is 5.92. The summed E-state index contributed by atoms with van der Waals surface area (Å²) in [6, 6.07) is 0. The van der Waals surface area contributed by atoms with E-state index in [1.54, 1.807) is 0 Å². The predicted molar refractivity (Wildman–Crippen MR) is 59.5 cm³/mol. The van der Waals surface area contributed by atoms with Crippen LogP contribution in [0.25, 0.3) is 0 Å². The molecule has 15 heavy (non-hydrogen) atoms. The summed E-state index contributed by atoms with van der Waals surface area (Å²) in [5.41, 5.74) is 5.80. The topological polar surface area (TPSA) is 64.3 Å². The van der Waals surface area contributed by atoms with Gasteiger partial charge in [0.2, 0.25) is 0 Å². The molecule has 0 bridgehead atoms. The maximum absolute atomic E-state index is 11.3. The van der Waals surface area contributed by atoms with Gasteiger partial charge in [-0.05, 0) is 37.1 Å². The molecule has 0 unspecified atom stereocenters. The summed E-state index contributed by atoms with van der Waals surface area (Å²) in [7, 11) is 0.